The third-order valence-electron chi connectivity index (χ3n) is 4.82. The van der Waals surface area contributed by atoms with E-state index in [0.717, 1.165) is 28.1 Å². The summed E-state index contributed by atoms with van der Waals surface area (Å²) in [5.41, 5.74) is 4.14. The van der Waals surface area contributed by atoms with Crippen molar-refractivity contribution in [2.75, 3.05) is 11.1 Å². The van der Waals surface area contributed by atoms with Crippen molar-refractivity contribution in [3.05, 3.63) is 83.5 Å². The lowest BCUT2D eigenvalue weighted by molar-refractivity contribution is -0.113. The molecule has 0 saturated carbocycles. The number of hydrogen-bond acceptors (Lipinski definition) is 7. The molecule has 0 aliphatic heterocycles. The Morgan fingerprint density at radius 3 is 2.68 bits per heavy atom. The second kappa shape index (κ2) is 11.1. The lowest BCUT2D eigenvalue weighted by atomic mass is 10.1. The Morgan fingerprint density at radius 1 is 1.18 bits per heavy atom. The highest BCUT2D eigenvalue weighted by atomic mass is 32.2. The van der Waals surface area contributed by atoms with Crippen molar-refractivity contribution in [2.45, 2.75) is 32.2 Å². The molecule has 1 N–H and O–H groups in total. The Labute approximate surface area is 206 Å². The van der Waals surface area contributed by atoms with E-state index >= 15 is 0 Å². The molecule has 1 amide bonds. The van der Waals surface area contributed by atoms with Crippen LogP contribution in [0, 0.1) is 13.8 Å². The monoisotopic (exact) mass is 491 g/mol. The molecule has 174 valence electrons. The standard InChI is InChI=1S/C25H25N5O2S2/c1-4-10-30-22(14-32-20-12-17(2)11-18(3)13-20)28-29-25(30)34-16-23(31)27-24-26-21(15-33-24)19-8-6-5-7-9-19/h4-9,11-13,15H,1,10,14,16H2,2-3H3,(H,26,27,31). The smallest absolute Gasteiger partial charge is 0.236 e. The first-order chi connectivity index (χ1) is 16.5. The van der Waals surface area contributed by atoms with E-state index in [1.54, 1.807) is 6.08 Å². The fourth-order valence-corrected chi connectivity index (χ4v) is 4.87. The summed E-state index contributed by atoms with van der Waals surface area (Å²) in [6.07, 6.45) is 1.77. The van der Waals surface area contributed by atoms with Crippen molar-refractivity contribution in [1.82, 2.24) is 19.7 Å². The quantitative estimate of drug-likeness (QED) is 0.233. The summed E-state index contributed by atoms with van der Waals surface area (Å²) in [7, 11) is 0. The first-order valence-electron chi connectivity index (χ1n) is 10.7. The van der Waals surface area contributed by atoms with E-state index in [1.165, 1.54) is 23.1 Å². The van der Waals surface area contributed by atoms with Gasteiger partial charge in [0.05, 0.1) is 11.4 Å². The van der Waals surface area contributed by atoms with Crippen LogP contribution in [0.1, 0.15) is 17.0 Å². The SMILES string of the molecule is C=CCn1c(COc2cc(C)cc(C)c2)nnc1SCC(=O)Nc1nc(-c2ccccc2)cs1. The predicted molar refractivity (Wildman–Crippen MR) is 137 cm³/mol. The van der Waals surface area contributed by atoms with E-state index in [0.29, 0.717) is 22.7 Å². The molecule has 0 spiro atoms. The van der Waals surface area contributed by atoms with Gasteiger partial charge in [-0.05, 0) is 37.1 Å². The summed E-state index contributed by atoms with van der Waals surface area (Å²) in [6.45, 7) is 8.70. The molecule has 0 atom stereocenters. The second-order valence-corrected chi connectivity index (χ2v) is 9.45. The van der Waals surface area contributed by atoms with Crippen LogP contribution in [-0.4, -0.2) is 31.4 Å². The van der Waals surface area contributed by atoms with E-state index in [1.807, 2.05) is 66.3 Å². The number of hydrogen-bond donors (Lipinski definition) is 1. The number of allylic oxidation sites excluding steroid dienone is 1. The highest BCUT2D eigenvalue weighted by molar-refractivity contribution is 7.99. The van der Waals surface area contributed by atoms with Gasteiger partial charge < -0.3 is 10.1 Å². The van der Waals surface area contributed by atoms with Crippen LogP contribution in [0.2, 0.25) is 0 Å². The largest absolute Gasteiger partial charge is 0.486 e. The number of nitrogens with one attached hydrogen (secondary N) is 1. The van der Waals surface area contributed by atoms with Gasteiger partial charge in [0.1, 0.15) is 12.4 Å². The lowest BCUT2D eigenvalue weighted by Gasteiger charge is -2.10. The number of rotatable bonds is 10. The number of nitrogens with zero attached hydrogens (tertiary/aromatic N) is 4. The molecule has 0 aliphatic carbocycles. The highest BCUT2D eigenvalue weighted by Gasteiger charge is 2.15. The molecular formula is C25H25N5O2S2. The van der Waals surface area contributed by atoms with Gasteiger partial charge in [-0.3, -0.25) is 9.36 Å². The van der Waals surface area contributed by atoms with Crippen LogP contribution in [0.5, 0.6) is 5.75 Å². The van der Waals surface area contributed by atoms with E-state index in [2.05, 4.69) is 33.1 Å². The third kappa shape index (κ3) is 6.12. The number of carbonyl (C=O) groups is 1. The molecule has 4 rings (SSSR count). The number of anilines is 1. The number of carbonyl (C=O) groups excluding carboxylic acids is 1. The summed E-state index contributed by atoms with van der Waals surface area (Å²) in [4.78, 5) is 17.0. The molecule has 2 heterocycles. The molecule has 2 aromatic carbocycles. The van der Waals surface area contributed by atoms with Crippen molar-refractivity contribution >= 4 is 34.1 Å². The van der Waals surface area contributed by atoms with Crippen molar-refractivity contribution < 1.29 is 9.53 Å². The molecule has 0 fully saturated rings. The van der Waals surface area contributed by atoms with Gasteiger partial charge in [-0.1, -0.05) is 54.2 Å². The van der Waals surface area contributed by atoms with Gasteiger partial charge in [0.15, 0.2) is 16.1 Å². The number of benzene rings is 2. The number of amides is 1. The van der Waals surface area contributed by atoms with Crippen LogP contribution in [0.3, 0.4) is 0 Å². The number of ether oxygens (including phenoxy) is 1. The van der Waals surface area contributed by atoms with Crippen LogP contribution >= 0.6 is 23.1 Å². The van der Waals surface area contributed by atoms with Crippen molar-refractivity contribution in [1.29, 1.82) is 0 Å². The normalized spacial score (nSPS) is 10.8. The molecule has 9 heteroatoms. The molecule has 2 aromatic heterocycles. The Morgan fingerprint density at radius 2 is 1.94 bits per heavy atom. The zero-order valence-electron chi connectivity index (χ0n) is 19.0. The average molecular weight is 492 g/mol. The number of aryl methyl sites for hydroxylation is 2. The molecule has 0 unspecified atom stereocenters. The van der Waals surface area contributed by atoms with E-state index in [-0.39, 0.29) is 18.3 Å². The maximum absolute atomic E-state index is 12.5. The van der Waals surface area contributed by atoms with Gasteiger partial charge in [-0.2, -0.15) is 0 Å². The second-order valence-electron chi connectivity index (χ2n) is 7.65. The maximum Gasteiger partial charge on any atom is 0.236 e. The summed E-state index contributed by atoms with van der Waals surface area (Å²) in [6, 6.07) is 15.9. The maximum atomic E-state index is 12.5. The average Bonchev–Trinajstić information content (AvgIpc) is 3.44. The van der Waals surface area contributed by atoms with Crippen molar-refractivity contribution in [3.63, 3.8) is 0 Å². The minimum absolute atomic E-state index is 0.153. The minimum Gasteiger partial charge on any atom is -0.486 e. The zero-order chi connectivity index (χ0) is 23.9. The molecule has 0 aliphatic rings. The third-order valence-corrected chi connectivity index (χ3v) is 6.55. The van der Waals surface area contributed by atoms with Gasteiger partial charge in [0.2, 0.25) is 5.91 Å². The van der Waals surface area contributed by atoms with Crippen molar-refractivity contribution in [3.8, 4) is 17.0 Å². The van der Waals surface area contributed by atoms with E-state index in [9.17, 15) is 4.79 Å². The Bertz CT molecular complexity index is 1260. The van der Waals surface area contributed by atoms with Crippen molar-refractivity contribution in [2.24, 2.45) is 0 Å². The first kappa shape index (κ1) is 23.7. The molecule has 4 aromatic rings. The summed E-state index contributed by atoms with van der Waals surface area (Å²) < 4.78 is 7.85. The van der Waals surface area contributed by atoms with Crippen LogP contribution < -0.4 is 10.1 Å². The van der Waals surface area contributed by atoms with E-state index < -0.39 is 0 Å². The van der Waals surface area contributed by atoms with E-state index in [4.69, 9.17) is 4.74 Å². The topological polar surface area (TPSA) is 81.9 Å². The van der Waals surface area contributed by atoms with Gasteiger partial charge in [-0.25, -0.2) is 4.98 Å². The minimum atomic E-state index is -0.153. The van der Waals surface area contributed by atoms with Crippen LogP contribution in [-0.2, 0) is 17.9 Å². The summed E-state index contributed by atoms with van der Waals surface area (Å²) in [5, 5.41) is 14.5. The first-order valence-corrected chi connectivity index (χ1v) is 12.6. The summed E-state index contributed by atoms with van der Waals surface area (Å²) >= 11 is 2.72. The van der Waals surface area contributed by atoms with Gasteiger partial charge >= 0.3 is 0 Å². The molecular weight excluding hydrogens is 466 g/mol. The van der Waals surface area contributed by atoms with Crippen LogP contribution in [0.15, 0.2) is 71.7 Å². The predicted octanol–water partition coefficient (Wildman–Crippen LogP) is 5.51. The Balaban J connectivity index is 1.36. The fraction of sp³-hybridized carbons (Fsp3) is 0.200. The van der Waals surface area contributed by atoms with Crippen LogP contribution in [0.25, 0.3) is 11.3 Å². The number of thiazole rings is 1. The molecule has 34 heavy (non-hydrogen) atoms. The van der Waals surface area contributed by atoms with Gasteiger partial charge in [0, 0.05) is 17.5 Å². The fourth-order valence-electron chi connectivity index (χ4n) is 3.37. The van der Waals surface area contributed by atoms with Gasteiger partial charge in [-0.15, -0.1) is 28.1 Å². The molecule has 0 radical (unpaired) electrons. The Hall–Kier alpha value is -3.43. The molecule has 0 bridgehead atoms. The lowest BCUT2D eigenvalue weighted by Crippen LogP contribution is -2.15. The van der Waals surface area contributed by atoms with Crippen LogP contribution in [0.4, 0.5) is 5.13 Å². The highest BCUT2D eigenvalue weighted by Crippen LogP contribution is 2.25. The summed E-state index contributed by atoms with van der Waals surface area (Å²) in [5.74, 6) is 1.50. The molecule has 0 saturated heterocycles. The van der Waals surface area contributed by atoms with Gasteiger partial charge in [0.25, 0.3) is 0 Å². The Kier molecular flexibility index (Phi) is 7.76. The number of aromatic nitrogens is 4. The zero-order valence-corrected chi connectivity index (χ0v) is 20.7. The molecule has 7 nitrogen and oxygen atoms in total. The number of thioether (sulfide) groups is 1.